The van der Waals surface area contributed by atoms with Gasteiger partial charge in [-0.05, 0) is 52.8 Å². The third-order valence-corrected chi connectivity index (χ3v) is 4.16. The monoisotopic (exact) mass is 286 g/mol. The lowest BCUT2D eigenvalue weighted by Gasteiger charge is -2.15. The Morgan fingerprint density at radius 3 is 1.86 bits per heavy atom. The average molecular weight is 286 g/mol. The fraction of sp³-hybridized carbons (Fsp3) is 0.182. The van der Waals surface area contributed by atoms with Crippen molar-refractivity contribution in [3.63, 3.8) is 0 Å². The molecule has 0 nitrogen and oxygen atoms in total. The van der Waals surface area contributed by atoms with Crippen LogP contribution >= 0.6 is 0 Å². The molecule has 0 bridgehead atoms. The van der Waals surface area contributed by atoms with Gasteiger partial charge in [0, 0.05) is 0 Å². The lowest BCUT2D eigenvalue weighted by molar-refractivity contribution is 0.915. The molecule has 0 saturated carbocycles. The smallest absolute Gasteiger partial charge is 0.0143 e. The van der Waals surface area contributed by atoms with Crippen molar-refractivity contribution < 1.29 is 0 Å². The van der Waals surface area contributed by atoms with Crippen LogP contribution in [-0.2, 0) is 6.42 Å². The van der Waals surface area contributed by atoms with Crippen LogP contribution in [0, 0.1) is 6.92 Å². The topological polar surface area (TPSA) is 0 Å². The fourth-order valence-corrected chi connectivity index (χ4v) is 3.07. The first-order chi connectivity index (χ1) is 10.8. The molecule has 0 aromatic heterocycles. The zero-order chi connectivity index (χ0) is 15.4. The van der Waals surface area contributed by atoms with E-state index < -0.39 is 0 Å². The highest BCUT2D eigenvalue weighted by molar-refractivity contribution is 5.77. The molecule has 0 aliphatic heterocycles. The summed E-state index contributed by atoms with van der Waals surface area (Å²) in [4.78, 5) is 0. The molecule has 0 amide bonds. The molecule has 0 aliphatic carbocycles. The summed E-state index contributed by atoms with van der Waals surface area (Å²) in [5.41, 5.74) is 8.14. The van der Waals surface area contributed by atoms with Crippen molar-refractivity contribution in [2.24, 2.45) is 0 Å². The minimum absolute atomic E-state index is 1.13. The molecular formula is C22H22. The average Bonchev–Trinajstić information content (AvgIpc) is 2.58. The van der Waals surface area contributed by atoms with Crippen molar-refractivity contribution in [3.05, 3.63) is 83.9 Å². The van der Waals surface area contributed by atoms with Crippen LogP contribution in [0.3, 0.4) is 0 Å². The molecule has 0 N–H and O–H groups in total. The normalized spacial score (nSPS) is 10.6. The van der Waals surface area contributed by atoms with Gasteiger partial charge in [0.05, 0.1) is 0 Å². The fourth-order valence-electron chi connectivity index (χ4n) is 3.07. The SMILES string of the molecule is CCCc1c(C)cc(-c2ccccc2)cc1-c1ccccc1. The Hall–Kier alpha value is -2.34. The van der Waals surface area contributed by atoms with Gasteiger partial charge in [-0.1, -0.05) is 80.1 Å². The Kier molecular flexibility index (Phi) is 4.39. The maximum absolute atomic E-state index is 2.35. The minimum atomic E-state index is 1.13. The number of rotatable bonds is 4. The Labute approximate surface area is 133 Å². The van der Waals surface area contributed by atoms with Crippen LogP contribution in [-0.4, -0.2) is 0 Å². The Morgan fingerprint density at radius 2 is 1.27 bits per heavy atom. The van der Waals surface area contributed by atoms with Gasteiger partial charge in [0.2, 0.25) is 0 Å². The van der Waals surface area contributed by atoms with Gasteiger partial charge < -0.3 is 0 Å². The van der Waals surface area contributed by atoms with E-state index >= 15 is 0 Å². The predicted octanol–water partition coefficient (Wildman–Crippen LogP) is 6.28. The molecule has 110 valence electrons. The van der Waals surface area contributed by atoms with Crippen molar-refractivity contribution in [2.75, 3.05) is 0 Å². The standard InChI is InChI=1S/C22H22/c1-3-10-21-17(2)15-20(18-11-6-4-7-12-18)16-22(21)19-13-8-5-9-14-19/h4-9,11-16H,3,10H2,1-2H3. The molecule has 3 rings (SSSR count). The highest BCUT2D eigenvalue weighted by Crippen LogP contribution is 2.32. The van der Waals surface area contributed by atoms with Gasteiger partial charge in [0.1, 0.15) is 0 Å². The van der Waals surface area contributed by atoms with E-state index in [2.05, 4.69) is 86.6 Å². The molecule has 0 unspecified atom stereocenters. The van der Waals surface area contributed by atoms with Crippen molar-refractivity contribution >= 4 is 0 Å². The van der Waals surface area contributed by atoms with E-state index in [0.717, 1.165) is 6.42 Å². The van der Waals surface area contributed by atoms with Crippen LogP contribution in [0.15, 0.2) is 72.8 Å². The minimum Gasteiger partial charge on any atom is -0.0651 e. The van der Waals surface area contributed by atoms with Gasteiger partial charge >= 0.3 is 0 Å². The van der Waals surface area contributed by atoms with Gasteiger partial charge in [-0.25, -0.2) is 0 Å². The van der Waals surface area contributed by atoms with Gasteiger partial charge in [-0.3, -0.25) is 0 Å². The zero-order valence-corrected chi connectivity index (χ0v) is 13.3. The molecule has 22 heavy (non-hydrogen) atoms. The van der Waals surface area contributed by atoms with E-state index in [0.29, 0.717) is 0 Å². The number of hydrogen-bond acceptors (Lipinski definition) is 0. The summed E-state index contributed by atoms with van der Waals surface area (Å²) in [6, 6.07) is 26.1. The molecular weight excluding hydrogens is 264 g/mol. The molecule has 0 radical (unpaired) electrons. The van der Waals surface area contributed by atoms with E-state index in [4.69, 9.17) is 0 Å². The van der Waals surface area contributed by atoms with Crippen LogP contribution in [0.25, 0.3) is 22.3 Å². The molecule has 0 fully saturated rings. The number of aryl methyl sites for hydroxylation is 1. The van der Waals surface area contributed by atoms with Gasteiger partial charge in [0.25, 0.3) is 0 Å². The van der Waals surface area contributed by atoms with Gasteiger partial charge in [-0.2, -0.15) is 0 Å². The highest BCUT2D eigenvalue weighted by Gasteiger charge is 2.10. The van der Waals surface area contributed by atoms with Crippen LogP contribution in [0.2, 0.25) is 0 Å². The molecule has 0 heteroatoms. The lowest BCUT2D eigenvalue weighted by atomic mass is 9.89. The zero-order valence-electron chi connectivity index (χ0n) is 13.3. The van der Waals surface area contributed by atoms with Crippen molar-refractivity contribution in [3.8, 4) is 22.3 Å². The number of hydrogen-bond donors (Lipinski definition) is 0. The third kappa shape index (κ3) is 2.96. The van der Waals surface area contributed by atoms with E-state index in [1.54, 1.807) is 0 Å². The van der Waals surface area contributed by atoms with E-state index in [-0.39, 0.29) is 0 Å². The molecule has 3 aromatic rings. The second kappa shape index (κ2) is 6.62. The molecule has 0 aliphatic rings. The first-order valence-electron chi connectivity index (χ1n) is 8.04. The van der Waals surface area contributed by atoms with Crippen LogP contribution in [0.5, 0.6) is 0 Å². The second-order valence-corrected chi connectivity index (χ2v) is 5.80. The predicted molar refractivity (Wildman–Crippen MR) is 96.0 cm³/mol. The largest absolute Gasteiger partial charge is 0.0651 e. The Morgan fingerprint density at radius 1 is 0.682 bits per heavy atom. The Balaban J connectivity index is 2.19. The highest BCUT2D eigenvalue weighted by atomic mass is 14.1. The van der Waals surface area contributed by atoms with Crippen molar-refractivity contribution in [1.29, 1.82) is 0 Å². The summed E-state index contributed by atoms with van der Waals surface area (Å²) in [7, 11) is 0. The Bertz CT molecular complexity index is 740. The molecule has 0 saturated heterocycles. The first-order valence-corrected chi connectivity index (χ1v) is 8.04. The van der Waals surface area contributed by atoms with Gasteiger partial charge in [-0.15, -0.1) is 0 Å². The van der Waals surface area contributed by atoms with Crippen molar-refractivity contribution in [1.82, 2.24) is 0 Å². The quantitative estimate of drug-likeness (QED) is 0.529. The van der Waals surface area contributed by atoms with E-state index in [1.165, 1.54) is 39.8 Å². The van der Waals surface area contributed by atoms with Crippen molar-refractivity contribution in [2.45, 2.75) is 26.7 Å². The van der Waals surface area contributed by atoms with Crippen LogP contribution < -0.4 is 0 Å². The molecule has 0 spiro atoms. The number of benzene rings is 3. The summed E-state index contributed by atoms with van der Waals surface area (Å²) in [6.45, 7) is 4.49. The second-order valence-electron chi connectivity index (χ2n) is 5.80. The molecule has 0 atom stereocenters. The van der Waals surface area contributed by atoms with E-state index in [9.17, 15) is 0 Å². The van der Waals surface area contributed by atoms with Crippen LogP contribution in [0.1, 0.15) is 24.5 Å². The first kappa shape index (κ1) is 14.6. The summed E-state index contributed by atoms with van der Waals surface area (Å²) in [5.74, 6) is 0. The maximum atomic E-state index is 2.35. The summed E-state index contributed by atoms with van der Waals surface area (Å²) in [5, 5.41) is 0. The summed E-state index contributed by atoms with van der Waals surface area (Å²) >= 11 is 0. The molecule has 3 aromatic carbocycles. The summed E-state index contributed by atoms with van der Waals surface area (Å²) < 4.78 is 0. The van der Waals surface area contributed by atoms with Crippen LogP contribution in [0.4, 0.5) is 0 Å². The third-order valence-electron chi connectivity index (χ3n) is 4.16. The van der Waals surface area contributed by atoms with Gasteiger partial charge in [0.15, 0.2) is 0 Å². The van der Waals surface area contributed by atoms with E-state index in [1.807, 2.05) is 0 Å². The maximum Gasteiger partial charge on any atom is -0.0143 e. The molecule has 0 heterocycles. The lowest BCUT2D eigenvalue weighted by Crippen LogP contribution is -1.95. The summed E-state index contributed by atoms with van der Waals surface area (Å²) in [6.07, 6.45) is 2.30.